The van der Waals surface area contributed by atoms with Crippen molar-refractivity contribution in [3.05, 3.63) is 72.8 Å². The predicted molar refractivity (Wildman–Crippen MR) is 237 cm³/mol. The molecular weight excluding hydrogens is 951 g/mol. The minimum absolute atomic E-state index is 0.0280. The molecule has 0 spiro atoms. The summed E-state index contributed by atoms with van der Waals surface area (Å²) in [5.41, 5.74) is 5.30. The highest BCUT2D eigenvalue weighted by molar-refractivity contribution is 8.13. The van der Waals surface area contributed by atoms with Gasteiger partial charge in [-0.2, -0.15) is 4.31 Å². The number of ether oxygens (including phenoxy) is 1. The Balaban J connectivity index is 0.885. The molecule has 28 heteroatoms. The Bertz CT molecular complexity index is 2720. The number of hydrogen-bond donors (Lipinski definition) is 9. The number of imidazole rings is 1. The highest BCUT2D eigenvalue weighted by Gasteiger charge is 2.50. The van der Waals surface area contributed by atoms with Gasteiger partial charge in [0.2, 0.25) is 11.8 Å². The normalized spacial score (nSPS) is 20.2. The molecule has 0 bridgehead atoms. The lowest BCUT2D eigenvalue weighted by Gasteiger charge is -2.30. The van der Waals surface area contributed by atoms with Gasteiger partial charge in [-0.1, -0.05) is 68.1 Å². The zero-order chi connectivity index (χ0) is 48.0. The predicted octanol–water partition coefficient (Wildman–Crippen LogP) is 2.60. The van der Waals surface area contributed by atoms with Crippen molar-refractivity contribution in [1.82, 2.24) is 30.2 Å². The lowest BCUT2D eigenvalue weighted by atomic mass is 9.87. The molecule has 358 valence electrons. The fourth-order valence-corrected chi connectivity index (χ4v) is 10.3. The van der Waals surface area contributed by atoms with Gasteiger partial charge >= 0.3 is 23.5 Å². The number of carbonyl (C=O) groups is 3. The lowest BCUT2D eigenvalue weighted by molar-refractivity contribution is -0.137. The van der Waals surface area contributed by atoms with Crippen LogP contribution in [-0.4, -0.2) is 123 Å². The van der Waals surface area contributed by atoms with E-state index in [9.17, 15) is 57.9 Å². The van der Waals surface area contributed by atoms with Gasteiger partial charge in [-0.3, -0.25) is 32.5 Å². The van der Waals surface area contributed by atoms with Crippen LogP contribution in [0.1, 0.15) is 38.5 Å². The van der Waals surface area contributed by atoms with Gasteiger partial charge in [-0.25, -0.2) is 28.6 Å². The molecule has 3 unspecified atom stereocenters. The van der Waals surface area contributed by atoms with Gasteiger partial charge in [0.25, 0.3) is 0 Å². The Hall–Kier alpha value is -4.26. The Morgan fingerprint density at radius 2 is 1.59 bits per heavy atom. The fraction of sp³-hybridized carbons (Fsp3) is 0.421. The number of benzene rings is 3. The first-order valence-corrected chi connectivity index (χ1v) is 25.5. The topological polar surface area (TPSA) is 364 Å². The van der Waals surface area contributed by atoms with Crippen LogP contribution in [0.25, 0.3) is 32.7 Å². The van der Waals surface area contributed by atoms with E-state index in [1.54, 1.807) is 0 Å². The minimum Gasteiger partial charge on any atom is -0.386 e. The number of nitrogen functional groups attached to an aromatic ring is 1. The smallest absolute Gasteiger partial charge is 0.386 e. The van der Waals surface area contributed by atoms with Gasteiger partial charge in [0.15, 0.2) is 22.8 Å². The summed E-state index contributed by atoms with van der Waals surface area (Å²) < 4.78 is 62.4. The maximum absolute atomic E-state index is 12.8. The molecular formula is C38H48N7O17P3S. The summed E-state index contributed by atoms with van der Waals surface area (Å²) in [4.78, 5) is 88.8. The average Bonchev–Trinajstić information content (AvgIpc) is 3.81. The number of aryl methyl sites for hydroxylation is 1. The van der Waals surface area contributed by atoms with E-state index in [-0.39, 0.29) is 41.6 Å². The number of hydrogen-bond acceptors (Lipinski definition) is 18. The number of amides is 2. The van der Waals surface area contributed by atoms with E-state index in [1.807, 2.05) is 24.3 Å². The number of aromatic nitrogens is 4. The second-order valence-electron chi connectivity index (χ2n) is 15.7. The number of anilines is 1. The van der Waals surface area contributed by atoms with E-state index in [0.29, 0.717) is 18.6 Å². The van der Waals surface area contributed by atoms with Crippen LogP contribution in [0.5, 0.6) is 0 Å². The van der Waals surface area contributed by atoms with Crippen molar-refractivity contribution in [1.29, 1.82) is 0 Å². The molecule has 2 amide bonds. The first-order chi connectivity index (χ1) is 31.0. The van der Waals surface area contributed by atoms with Crippen LogP contribution in [0.2, 0.25) is 0 Å². The van der Waals surface area contributed by atoms with Crippen LogP contribution in [0.3, 0.4) is 0 Å². The highest BCUT2D eigenvalue weighted by atomic mass is 32.2. The molecule has 5 aromatic rings. The molecule has 6 rings (SSSR count). The van der Waals surface area contributed by atoms with Crippen molar-refractivity contribution < 1.29 is 80.5 Å². The summed E-state index contributed by atoms with van der Waals surface area (Å²) in [5, 5.41) is 31.1. The third-order valence-electron chi connectivity index (χ3n) is 10.2. The lowest BCUT2D eigenvalue weighted by Crippen LogP contribution is -2.46. The molecule has 24 nitrogen and oxygen atoms in total. The van der Waals surface area contributed by atoms with Crippen LogP contribution < -0.4 is 16.4 Å². The number of nitrogens with two attached hydrogens (primary N) is 1. The first kappa shape index (κ1) is 51.1. The third kappa shape index (κ3) is 13.7. The molecule has 3 heterocycles. The maximum atomic E-state index is 12.8. The molecule has 3 aromatic carbocycles. The van der Waals surface area contributed by atoms with Crippen LogP contribution in [-0.2, 0) is 57.1 Å². The molecule has 66 heavy (non-hydrogen) atoms. The molecule has 1 fully saturated rings. The number of phosphoric acid groups is 3. The summed E-state index contributed by atoms with van der Waals surface area (Å²) in [7, 11) is -16.4. The maximum Gasteiger partial charge on any atom is 0.481 e. The summed E-state index contributed by atoms with van der Waals surface area (Å²) in [6.07, 6.45) is -6.07. The van der Waals surface area contributed by atoms with E-state index in [0.717, 1.165) is 56.1 Å². The van der Waals surface area contributed by atoms with Crippen molar-refractivity contribution in [3.63, 3.8) is 0 Å². The van der Waals surface area contributed by atoms with E-state index in [1.165, 1.54) is 13.8 Å². The number of nitrogens with zero attached hydrogens (tertiary/aromatic N) is 4. The Morgan fingerprint density at radius 3 is 2.30 bits per heavy atom. The quantitative estimate of drug-likeness (QED) is 0.0273. The van der Waals surface area contributed by atoms with E-state index in [2.05, 4.69) is 64.8 Å². The average molecular weight is 1000 g/mol. The summed E-state index contributed by atoms with van der Waals surface area (Å²) >= 11 is 1.09. The zero-order valence-electron chi connectivity index (χ0n) is 35.2. The number of aliphatic hydroxyl groups is 2. The Kier molecular flexibility index (Phi) is 16.6. The molecule has 10 N–H and O–H groups in total. The summed E-state index contributed by atoms with van der Waals surface area (Å²) in [6, 6.07) is 18.5. The SMILES string of the molecule is CC(C)(COP(=O)(O)OP(=O)(O)OC[C@H]1O[C@@H](n2cnc3c(N)ncnc32)[C@H](O)[C@@H]1OP(=O)(O)O)C(O)C(=O)NCCC(=O)NCCSC(=O)CCc1ccc2cc3ccccc3cc2c1. The van der Waals surface area contributed by atoms with Gasteiger partial charge in [0, 0.05) is 37.1 Å². The van der Waals surface area contributed by atoms with Gasteiger partial charge in [0.1, 0.15) is 36.3 Å². The molecule has 1 saturated heterocycles. The standard InChI is InChI=1S/C38H48N7O17P3S/c1-38(2,33(49)36(50)41-12-11-28(46)40-13-14-66-29(47)10-8-22-7-9-25-16-23-5-3-4-6-24(23)17-26(25)15-22)19-59-65(56,57)62-64(54,55)58-18-27-32(61-63(51,52)53)31(48)37(60-27)45-21-44-30-34(39)42-20-43-35(30)45/h3-7,9,15-17,20-21,27,31-33,37,48-49H,8,10-14,18-19H2,1-2H3,(H,40,46)(H,41,50)(H,54,55)(H,56,57)(H2,39,42,43)(H2,51,52,53)/t27-,31-,32-,33?,37-/m1/s1. The van der Waals surface area contributed by atoms with Gasteiger partial charge < -0.3 is 50.9 Å². The molecule has 1 aliphatic rings. The monoisotopic (exact) mass is 999 g/mol. The van der Waals surface area contributed by atoms with Crippen molar-refractivity contribution in [2.24, 2.45) is 5.41 Å². The van der Waals surface area contributed by atoms with Crippen LogP contribution >= 0.6 is 35.2 Å². The largest absolute Gasteiger partial charge is 0.481 e. The van der Waals surface area contributed by atoms with Crippen molar-refractivity contribution in [2.75, 3.05) is 37.8 Å². The van der Waals surface area contributed by atoms with E-state index < -0.39 is 84.6 Å². The van der Waals surface area contributed by atoms with Crippen LogP contribution in [0, 0.1) is 5.41 Å². The van der Waals surface area contributed by atoms with Gasteiger partial charge in [0.05, 0.1) is 19.5 Å². The van der Waals surface area contributed by atoms with Crippen LogP contribution in [0.4, 0.5) is 5.82 Å². The van der Waals surface area contributed by atoms with E-state index >= 15 is 0 Å². The minimum atomic E-state index is -5.59. The van der Waals surface area contributed by atoms with E-state index in [4.69, 9.17) is 19.5 Å². The number of nitrogens with one attached hydrogen (secondary N) is 2. The fourth-order valence-electron chi connectivity index (χ4n) is 6.76. The summed E-state index contributed by atoms with van der Waals surface area (Å²) in [5.74, 6) is -1.13. The van der Waals surface area contributed by atoms with Gasteiger partial charge in [-0.15, -0.1) is 0 Å². The molecule has 0 aliphatic carbocycles. The number of aliphatic hydroxyl groups excluding tert-OH is 2. The number of fused-ring (bicyclic) bond motifs is 3. The number of phosphoric ester groups is 3. The number of rotatable bonds is 22. The number of carbonyl (C=O) groups excluding carboxylic acids is 3. The number of thioether (sulfide) groups is 1. The van der Waals surface area contributed by atoms with Crippen molar-refractivity contribution in [2.45, 2.75) is 63.8 Å². The summed E-state index contributed by atoms with van der Waals surface area (Å²) in [6.45, 7) is 0.466. The van der Waals surface area contributed by atoms with Crippen molar-refractivity contribution >= 4 is 90.7 Å². The third-order valence-corrected chi connectivity index (χ3v) is 14.2. The Labute approximate surface area is 380 Å². The van der Waals surface area contributed by atoms with Crippen molar-refractivity contribution in [3.8, 4) is 0 Å². The molecule has 2 aromatic heterocycles. The Morgan fingerprint density at radius 1 is 0.909 bits per heavy atom. The highest BCUT2D eigenvalue weighted by Crippen LogP contribution is 2.61. The van der Waals surface area contributed by atoms with Gasteiger partial charge in [-0.05, 0) is 45.7 Å². The molecule has 0 saturated carbocycles. The zero-order valence-corrected chi connectivity index (χ0v) is 38.7. The second kappa shape index (κ2) is 21.4. The first-order valence-electron chi connectivity index (χ1n) is 20.0. The van der Waals surface area contributed by atoms with Crippen LogP contribution in [0.15, 0.2) is 67.3 Å². The molecule has 1 aliphatic heterocycles. The molecule has 0 radical (unpaired) electrons. The second-order valence-corrected chi connectivity index (χ2v) is 21.1. The molecule has 7 atom stereocenters.